The minimum Gasteiger partial charge on any atom is -0.330 e. The molecule has 120 valence electrons. The molecule has 0 saturated heterocycles. The lowest BCUT2D eigenvalue weighted by Crippen LogP contribution is -2.17. The van der Waals surface area contributed by atoms with Crippen molar-refractivity contribution in [2.24, 2.45) is 5.73 Å². The highest BCUT2D eigenvalue weighted by Gasteiger charge is 2.35. The summed E-state index contributed by atoms with van der Waals surface area (Å²) < 4.78 is 39.6. The van der Waals surface area contributed by atoms with E-state index in [-0.39, 0.29) is 28.6 Å². The summed E-state index contributed by atoms with van der Waals surface area (Å²) in [5.41, 5.74) is 5.45. The summed E-state index contributed by atoms with van der Waals surface area (Å²) in [5.74, 6) is -0.444. The van der Waals surface area contributed by atoms with Crippen LogP contribution in [0.3, 0.4) is 0 Å². The fraction of sp³-hybridized carbons (Fsp3) is 0.333. The van der Waals surface area contributed by atoms with E-state index in [1.807, 2.05) is 0 Å². The number of rotatable bonds is 3. The maximum absolute atomic E-state index is 13.2. The molecule has 0 fully saturated rings. The molecule has 2 N–H and O–H groups in total. The molecule has 1 aromatic rings. The van der Waals surface area contributed by atoms with Gasteiger partial charge in [0.1, 0.15) is 0 Å². The summed E-state index contributed by atoms with van der Waals surface area (Å²) in [4.78, 5) is 0. The van der Waals surface area contributed by atoms with E-state index in [0.29, 0.717) is 17.0 Å². The van der Waals surface area contributed by atoms with Crippen LogP contribution in [0.15, 0.2) is 39.4 Å². The Morgan fingerprint density at radius 3 is 2.45 bits per heavy atom. The molecule has 1 aliphatic rings. The summed E-state index contributed by atoms with van der Waals surface area (Å²) in [7, 11) is 0. The average molecular weight is 371 g/mol. The standard InChI is InChI=1S/C15H13Cl3F3N/c16-12-5-4-10(13(17)14(12)18)8-2-1-3-11(15(19,20)21)9(8)6-7-22/h1-3,5,10H,4,6-7,22H2. The highest BCUT2D eigenvalue weighted by Crippen LogP contribution is 2.45. The molecule has 7 heteroatoms. The third kappa shape index (κ3) is 3.46. The normalized spacial score (nSPS) is 19.4. The van der Waals surface area contributed by atoms with Gasteiger partial charge in [-0.3, -0.25) is 0 Å². The van der Waals surface area contributed by atoms with Crippen molar-refractivity contribution in [1.29, 1.82) is 0 Å². The third-order valence-corrected chi connectivity index (χ3v) is 4.94. The smallest absolute Gasteiger partial charge is 0.330 e. The second-order valence-electron chi connectivity index (χ2n) is 4.91. The Morgan fingerprint density at radius 1 is 1.18 bits per heavy atom. The van der Waals surface area contributed by atoms with Crippen LogP contribution < -0.4 is 5.73 Å². The maximum Gasteiger partial charge on any atom is 0.416 e. The largest absolute Gasteiger partial charge is 0.416 e. The number of hydrogen-bond acceptors (Lipinski definition) is 1. The monoisotopic (exact) mass is 369 g/mol. The van der Waals surface area contributed by atoms with Crippen LogP contribution in [0.5, 0.6) is 0 Å². The molecule has 1 atom stereocenters. The molecule has 0 bridgehead atoms. The van der Waals surface area contributed by atoms with Gasteiger partial charge in [0, 0.05) is 11.0 Å². The fourth-order valence-corrected chi connectivity index (χ4v) is 3.32. The minimum absolute atomic E-state index is 0.110. The van der Waals surface area contributed by atoms with Crippen LogP contribution in [-0.2, 0) is 12.6 Å². The summed E-state index contributed by atoms with van der Waals surface area (Å²) in [6, 6.07) is 4.06. The van der Waals surface area contributed by atoms with Crippen molar-refractivity contribution in [3.8, 4) is 0 Å². The topological polar surface area (TPSA) is 26.0 Å². The Morgan fingerprint density at radius 2 is 1.86 bits per heavy atom. The second kappa shape index (κ2) is 6.83. The van der Waals surface area contributed by atoms with E-state index >= 15 is 0 Å². The van der Waals surface area contributed by atoms with E-state index in [9.17, 15) is 13.2 Å². The zero-order chi connectivity index (χ0) is 16.5. The van der Waals surface area contributed by atoms with Crippen LogP contribution in [0.4, 0.5) is 13.2 Å². The molecule has 1 unspecified atom stereocenters. The minimum atomic E-state index is -4.44. The molecule has 0 heterocycles. The van der Waals surface area contributed by atoms with E-state index in [1.54, 1.807) is 12.1 Å². The van der Waals surface area contributed by atoms with Crippen LogP contribution in [0, 0.1) is 0 Å². The zero-order valence-corrected chi connectivity index (χ0v) is 13.6. The lowest BCUT2D eigenvalue weighted by atomic mass is 9.85. The van der Waals surface area contributed by atoms with Crippen molar-refractivity contribution in [1.82, 2.24) is 0 Å². The first-order chi connectivity index (χ1) is 10.3. The van der Waals surface area contributed by atoms with Crippen molar-refractivity contribution in [2.45, 2.75) is 24.9 Å². The van der Waals surface area contributed by atoms with Gasteiger partial charge in [0.15, 0.2) is 0 Å². The van der Waals surface area contributed by atoms with Crippen LogP contribution in [0.25, 0.3) is 0 Å². The quantitative estimate of drug-likeness (QED) is 0.746. The lowest BCUT2D eigenvalue weighted by Gasteiger charge is -2.25. The van der Waals surface area contributed by atoms with E-state index < -0.39 is 17.7 Å². The predicted molar refractivity (Wildman–Crippen MR) is 84.2 cm³/mol. The van der Waals surface area contributed by atoms with Gasteiger partial charge in [-0.25, -0.2) is 0 Å². The van der Waals surface area contributed by atoms with Gasteiger partial charge in [-0.1, -0.05) is 53.0 Å². The number of halogens is 6. The van der Waals surface area contributed by atoms with Crippen LogP contribution in [-0.4, -0.2) is 6.54 Å². The van der Waals surface area contributed by atoms with Crippen molar-refractivity contribution in [3.63, 3.8) is 0 Å². The van der Waals surface area contributed by atoms with E-state index in [1.165, 1.54) is 6.07 Å². The molecule has 1 nitrogen and oxygen atoms in total. The Kier molecular flexibility index (Phi) is 5.49. The van der Waals surface area contributed by atoms with Gasteiger partial charge >= 0.3 is 6.18 Å². The first kappa shape index (κ1) is 17.7. The fourth-order valence-electron chi connectivity index (χ4n) is 2.57. The van der Waals surface area contributed by atoms with Gasteiger partial charge in [-0.05, 0) is 36.6 Å². The van der Waals surface area contributed by atoms with Gasteiger partial charge in [-0.2, -0.15) is 13.2 Å². The van der Waals surface area contributed by atoms with E-state index in [4.69, 9.17) is 40.5 Å². The molecule has 1 aromatic carbocycles. The van der Waals surface area contributed by atoms with Crippen LogP contribution >= 0.6 is 34.8 Å². The van der Waals surface area contributed by atoms with Crippen molar-refractivity contribution >= 4 is 34.8 Å². The Bertz CT molecular complexity index is 635. The van der Waals surface area contributed by atoms with Gasteiger partial charge < -0.3 is 5.73 Å². The molecule has 0 saturated carbocycles. The van der Waals surface area contributed by atoms with Gasteiger partial charge in [0.05, 0.1) is 15.6 Å². The van der Waals surface area contributed by atoms with Crippen molar-refractivity contribution < 1.29 is 13.2 Å². The SMILES string of the molecule is NCCc1c(C2CC=C(Cl)C(Cl)=C2Cl)cccc1C(F)(F)F. The van der Waals surface area contributed by atoms with Crippen molar-refractivity contribution in [2.75, 3.05) is 6.54 Å². The van der Waals surface area contributed by atoms with E-state index in [2.05, 4.69) is 0 Å². The number of allylic oxidation sites excluding steroid dienone is 4. The molecule has 0 aromatic heterocycles. The molecular weight excluding hydrogens is 358 g/mol. The number of hydrogen-bond donors (Lipinski definition) is 1. The predicted octanol–water partition coefficient (Wildman–Crippen LogP) is 5.51. The summed E-state index contributed by atoms with van der Waals surface area (Å²) in [6.45, 7) is 0.110. The molecule has 0 amide bonds. The van der Waals surface area contributed by atoms with Gasteiger partial charge in [-0.15, -0.1) is 0 Å². The molecule has 22 heavy (non-hydrogen) atoms. The van der Waals surface area contributed by atoms with Gasteiger partial charge in [0.2, 0.25) is 0 Å². The van der Waals surface area contributed by atoms with Crippen LogP contribution in [0.2, 0.25) is 0 Å². The first-order valence-electron chi connectivity index (χ1n) is 6.57. The summed E-state index contributed by atoms with van der Waals surface area (Å²) >= 11 is 18.1. The lowest BCUT2D eigenvalue weighted by molar-refractivity contribution is -0.138. The average Bonchev–Trinajstić information content (AvgIpc) is 2.45. The van der Waals surface area contributed by atoms with Crippen molar-refractivity contribution in [3.05, 3.63) is 56.1 Å². The molecule has 0 radical (unpaired) electrons. The Hall–Kier alpha value is -0.680. The maximum atomic E-state index is 13.2. The second-order valence-corrected chi connectivity index (χ2v) is 6.10. The Labute approximate surface area is 141 Å². The number of benzene rings is 1. The number of nitrogens with two attached hydrogens (primary N) is 1. The zero-order valence-electron chi connectivity index (χ0n) is 11.4. The number of alkyl halides is 3. The Balaban J connectivity index is 2.57. The highest BCUT2D eigenvalue weighted by atomic mass is 35.5. The first-order valence-corrected chi connectivity index (χ1v) is 7.71. The summed E-state index contributed by atoms with van der Waals surface area (Å²) in [5, 5.41) is 0.748. The van der Waals surface area contributed by atoms with Crippen LogP contribution in [0.1, 0.15) is 29.0 Å². The highest BCUT2D eigenvalue weighted by molar-refractivity contribution is 6.48. The summed E-state index contributed by atoms with van der Waals surface area (Å²) in [6.07, 6.45) is -2.27. The van der Waals surface area contributed by atoms with E-state index in [0.717, 1.165) is 6.07 Å². The molecule has 0 spiro atoms. The van der Waals surface area contributed by atoms with Gasteiger partial charge in [0.25, 0.3) is 0 Å². The molecule has 1 aliphatic carbocycles. The molecular formula is C15H13Cl3F3N. The third-order valence-electron chi connectivity index (χ3n) is 3.55. The molecule has 2 rings (SSSR count). The molecule has 0 aliphatic heterocycles.